The van der Waals surface area contributed by atoms with Crippen molar-refractivity contribution in [3.63, 3.8) is 0 Å². The Morgan fingerprint density at radius 1 is 1.71 bits per heavy atom. The first-order valence-corrected chi connectivity index (χ1v) is 3.39. The van der Waals surface area contributed by atoms with E-state index in [2.05, 4.69) is 15.9 Å². The molecule has 0 aromatic heterocycles. The minimum Gasteiger partial charge on any atom is -0.298 e. The molecule has 1 aliphatic carbocycles. The topological polar surface area (TPSA) is 17.1 Å². The van der Waals surface area contributed by atoms with Crippen LogP contribution in [0.25, 0.3) is 0 Å². The Kier molecular flexibility index (Phi) is 1.47. The van der Waals surface area contributed by atoms with Gasteiger partial charge in [-0.3, -0.25) is 4.79 Å². The van der Waals surface area contributed by atoms with E-state index < -0.39 is 0 Å². The van der Waals surface area contributed by atoms with Crippen LogP contribution in [0.4, 0.5) is 0 Å². The zero-order valence-corrected chi connectivity index (χ0v) is 5.57. The van der Waals surface area contributed by atoms with E-state index in [1.807, 2.05) is 0 Å². The average Bonchev–Trinajstić information content (AvgIpc) is 1.91. The van der Waals surface area contributed by atoms with Gasteiger partial charge in [0.15, 0.2) is 0 Å². The molecule has 7 heavy (non-hydrogen) atoms. The van der Waals surface area contributed by atoms with Crippen molar-refractivity contribution < 1.29 is 4.79 Å². The second-order valence-electron chi connectivity index (χ2n) is 1.83. The van der Waals surface area contributed by atoms with Crippen molar-refractivity contribution in [3.8, 4) is 0 Å². The highest BCUT2D eigenvalue weighted by molar-refractivity contribution is 9.10. The zero-order chi connectivity index (χ0) is 5.28. The number of carbonyl (C=O) groups excluding carboxylic acids is 1. The average molecular weight is 163 g/mol. The highest BCUT2D eigenvalue weighted by atomic mass is 79.9. The number of carbonyl (C=O) groups is 1. The summed E-state index contributed by atoms with van der Waals surface area (Å²) in [5.74, 6) is 0.375. The van der Waals surface area contributed by atoms with Gasteiger partial charge in [0.25, 0.3) is 0 Å². The molecule has 0 spiro atoms. The van der Waals surface area contributed by atoms with Crippen molar-refractivity contribution in [2.75, 3.05) is 0 Å². The van der Waals surface area contributed by atoms with Gasteiger partial charge in [-0.15, -0.1) is 0 Å². The van der Waals surface area contributed by atoms with Gasteiger partial charge in [0.05, 0.1) is 4.83 Å². The van der Waals surface area contributed by atoms with E-state index in [-0.39, 0.29) is 4.83 Å². The second kappa shape index (κ2) is 1.95. The molecule has 0 radical (unpaired) electrons. The first kappa shape index (κ1) is 5.29. The van der Waals surface area contributed by atoms with E-state index >= 15 is 0 Å². The van der Waals surface area contributed by atoms with Gasteiger partial charge in [-0.2, -0.15) is 0 Å². The van der Waals surface area contributed by atoms with E-state index in [4.69, 9.17) is 0 Å². The molecule has 1 saturated carbocycles. The molecular formula is C5H7BrO. The Morgan fingerprint density at radius 3 is 2.57 bits per heavy atom. The van der Waals surface area contributed by atoms with E-state index in [0.29, 0.717) is 5.78 Å². The first-order chi connectivity index (χ1) is 3.30. The van der Waals surface area contributed by atoms with E-state index in [9.17, 15) is 4.79 Å². The quantitative estimate of drug-likeness (QED) is 0.494. The maximum Gasteiger partial charge on any atom is 0.146 e. The fourth-order valence-electron chi connectivity index (χ4n) is 0.773. The van der Waals surface area contributed by atoms with Gasteiger partial charge in [0.1, 0.15) is 5.78 Å². The standard InChI is InChI=1S/C5H7BrO/c6-4-2-1-3-5(4)7/h4H,1-3H2. The fraction of sp³-hybridized carbons (Fsp3) is 0.800. The lowest BCUT2D eigenvalue weighted by Gasteiger charge is -1.88. The van der Waals surface area contributed by atoms with Gasteiger partial charge < -0.3 is 0 Å². The molecule has 1 rings (SSSR count). The minimum atomic E-state index is 0.187. The van der Waals surface area contributed by atoms with Crippen molar-refractivity contribution in [1.82, 2.24) is 0 Å². The molecule has 1 atom stereocenters. The summed E-state index contributed by atoms with van der Waals surface area (Å²) in [6.45, 7) is 0. The molecule has 1 nitrogen and oxygen atoms in total. The van der Waals surface area contributed by atoms with E-state index in [1.54, 1.807) is 0 Å². The third kappa shape index (κ3) is 1.03. The highest BCUT2D eigenvalue weighted by Gasteiger charge is 2.20. The first-order valence-electron chi connectivity index (χ1n) is 2.47. The van der Waals surface area contributed by atoms with Gasteiger partial charge in [-0.05, 0) is 12.8 Å². The zero-order valence-electron chi connectivity index (χ0n) is 3.98. The number of Topliss-reactive ketones (excluding diaryl/α,β-unsaturated/α-hetero) is 1. The molecular weight excluding hydrogens is 156 g/mol. The molecule has 1 unspecified atom stereocenters. The summed E-state index contributed by atoms with van der Waals surface area (Å²) in [5.41, 5.74) is 0. The Labute approximate surface area is 51.2 Å². The number of alkyl halides is 1. The summed E-state index contributed by atoms with van der Waals surface area (Å²) >= 11 is 3.25. The molecule has 1 aliphatic rings. The van der Waals surface area contributed by atoms with Gasteiger partial charge in [-0.1, -0.05) is 15.9 Å². The van der Waals surface area contributed by atoms with Gasteiger partial charge in [0, 0.05) is 6.42 Å². The van der Waals surface area contributed by atoms with E-state index in [0.717, 1.165) is 19.3 Å². The fourth-order valence-corrected chi connectivity index (χ4v) is 1.33. The monoisotopic (exact) mass is 162 g/mol. The minimum absolute atomic E-state index is 0.187. The smallest absolute Gasteiger partial charge is 0.146 e. The van der Waals surface area contributed by atoms with Crippen LogP contribution in [0.15, 0.2) is 0 Å². The number of halogens is 1. The largest absolute Gasteiger partial charge is 0.298 e. The molecule has 1 fully saturated rings. The molecule has 40 valence electrons. The van der Waals surface area contributed by atoms with E-state index in [1.165, 1.54) is 0 Å². The molecule has 0 aromatic rings. The SMILES string of the molecule is O=C1CCCC1Br. The van der Waals surface area contributed by atoms with Crippen LogP contribution in [-0.4, -0.2) is 10.6 Å². The van der Waals surface area contributed by atoms with Crippen molar-refractivity contribution >= 4 is 21.7 Å². The van der Waals surface area contributed by atoms with Gasteiger partial charge >= 0.3 is 0 Å². The molecule has 0 heterocycles. The summed E-state index contributed by atoms with van der Waals surface area (Å²) in [6, 6.07) is 0. The number of rotatable bonds is 0. The van der Waals surface area contributed by atoms with Crippen LogP contribution in [0.2, 0.25) is 0 Å². The van der Waals surface area contributed by atoms with Crippen LogP contribution in [0.1, 0.15) is 19.3 Å². The second-order valence-corrected chi connectivity index (χ2v) is 2.93. The molecule has 0 amide bonds. The van der Waals surface area contributed by atoms with Crippen molar-refractivity contribution in [2.24, 2.45) is 0 Å². The summed E-state index contributed by atoms with van der Waals surface area (Å²) in [6.07, 6.45) is 2.91. The molecule has 0 N–H and O–H groups in total. The van der Waals surface area contributed by atoms with Crippen LogP contribution < -0.4 is 0 Å². The molecule has 0 aliphatic heterocycles. The maximum atomic E-state index is 10.5. The lowest BCUT2D eigenvalue weighted by atomic mass is 10.4. The van der Waals surface area contributed by atoms with Crippen LogP contribution >= 0.6 is 15.9 Å². The number of hydrogen-bond donors (Lipinski definition) is 0. The normalized spacial score (nSPS) is 31.6. The molecule has 0 bridgehead atoms. The van der Waals surface area contributed by atoms with Crippen molar-refractivity contribution in [1.29, 1.82) is 0 Å². The number of hydrogen-bond acceptors (Lipinski definition) is 1. The predicted octanol–water partition coefficient (Wildman–Crippen LogP) is 1.50. The van der Waals surface area contributed by atoms with Crippen LogP contribution in [0.5, 0.6) is 0 Å². The lowest BCUT2D eigenvalue weighted by Crippen LogP contribution is -2.01. The molecule has 2 heteroatoms. The summed E-state index contributed by atoms with van der Waals surface area (Å²) in [4.78, 5) is 10.7. The van der Waals surface area contributed by atoms with Crippen LogP contribution in [0, 0.1) is 0 Å². The van der Waals surface area contributed by atoms with Crippen LogP contribution in [0.3, 0.4) is 0 Å². The van der Waals surface area contributed by atoms with Crippen molar-refractivity contribution in [3.05, 3.63) is 0 Å². The Hall–Kier alpha value is 0.150. The molecule has 0 saturated heterocycles. The lowest BCUT2D eigenvalue weighted by molar-refractivity contribution is -0.116. The molecule has 0 aromatic carbocycles. The summed E-state index contributed by atoms with van der Waals surface area (Å²) < 4.78 is 0. The summed E-state index contributed by atoms with van der Waals surface area (Å²) in [5, 5.41) is 0. The number of ketones is 1. The van der Waals surface area contributed by atoms with Gasteiger partial charge in [0.2, 0.25) is 0 Å². The predicted molar refractivity (Wildman–Crippen MR) is 31.6 cm³/mol. The Morgan fingerprint density at radius 2 is 2.43 bits per heavy atom. The Bertz CT molecular complexity index is 90.1. The van der Waals surface area contributed by atoms with Crippen molar-refractivity contribution in [2.45, 2.75) is 24.1 Å². The van der Waals surface area contributed by atoms with Crippen LogP contribution in [-0.2, 0) is 4.79 Å². The maximum absolute atomic E-state index is 10.5. The summed E-state index contributed by atoms with van der Waals surface area (Å²) in [7, 11) is 0. The highest BCUT2D eigenvalue weighted by Crippen LogP contribution is 2.20. The van der Waals surface area contributed by atoms with Gasteiger partial charge in [-0.25, -0.2) is 0 Å². The third-order valence-corrected chi connectivity index (χ3v) is 2.20. The Balaban J connectivity index is 2.48. The third-order valence-electron chi connectivity index (χ3n) is 1.23.